The predicted octanol–water partition coefficient (Wildman–Crippen LogP) is -1.01. The van der Waals surface area contributed by atoms with Crippen LogP contribution in [0.4, 0.5) is 0 Å². The quantitative estimate of drug-likeness (QED) is 0.430. The Morgan fingerprint density at radius 1 is 1.47 bits per heavy atom. The average Bonchev–Trinajstić information content (AvgIpc) is 2.66. The molecular formula is C10H20N2O5. The monoisotopic (exact) mass is 248 g/mol. The topological polar surface area (TPSA) is 133 Å². The van der Waals surface area contributed by atoms with E-state index in [1.807, 2.05) is 6.92 Å². The highest BCUT2D eigenvalue weighted by Gasteiger charge is 2.27. The Bertz CT molecular complexity index is 259. The van der Waals surface area contributed by atoms with Crippen LogP contribution in [0.2, 0.25) is 0 Å². The van der Waals surface area contributed by atoms with Gasteiger partial charge in [-0.25, -0.2) is 0 Å². The number of rotatable bonds is 4. The third-order valence-corrected chi connectivity index (χ3v) is 2.32. The zero-order valence-electron chi connectivity index (χ0n) is 9.80. The smallest absolute Gasteiger partial charge is 0.320 e. The van der Waals surface area contributed by atoms with Gasteiger partial charge in [0.1, 0.15) is 12.1 Å². The van der Waals surface area contributed by atoms with Gasteiger partial charge in [-0.2, -0.15) is 0 Å². The lowest BCUT2D eigenvalue weighted by molar-refractivity contribution is -0.139. The minimum atomic E-state index is -0.910. The van der Waals surface area contributed by atoms with E-state index in [-0.39, 0.29) is 0 Å². The second-order valence-corrected chi connectivity index (χ2v) is 3.92. The van der Waals surface area contributed by atoms with Gasteiger partial charge in [-0.1, -0.05) is 13.3 Å². The lowest BCUT2D eigenvalue weighted by Crippen LogP contribution is -2.29. The van der Waals surface area contributed by atoms with Gasteiger partial charge in [0.25, 0.3) is 0 Å². The molecule has 1 saturated heterocycles. The molecule has 1 heterocycles. The van der Waals surface area contributed by atoms with Crippen LogP contribution in [0, 0.1) is 0 Å². The molecule has 3 unspecified atom stereocenters. The molecule has 0 aromatic heterocycles. The molecule has 0 bridgehead atoms. The van der Waals surface area contributed by atoms with Gasteiger partial charge in [0, 0.05) is 13.0 Å². The number of nitrogens with one attached hydrogen (secondary N) is 1. The zero-order chi connectivity index (χ0) is 13.4. The Kier molecular flexibility index (Phi) is 7.44. The molecule has 1 aliphatic rings. The van der Waals surface area contributed by atoms with E-state index in [9.17, 15) is 9.59 Å². The van der Waals surface area contributed by atoms with Crippen molar-refractivity contribution in [1.82, 2.24) is 5.32 Å². The number of aliphatic hydroxyl groups excluding tert-OH is 1. The Morgan fingerprint density at radius 2 is 2.06 bits per heavy atom. The SMILES string of the molecule is CCCC(N)C(=O)O.O=C(O)C1CC(O)CN1. The summed E-state index contributed by atoms with van der Waals surface area (Å²) in [4.78, 5) is 20.1. The fourth-order valence-corrected chi connectivity index (χ4v) is 1.34. The first kappa shape index (κ1) is 15.8. The summed E-state index contributed by atoms with van der Waals surface area (Å²) < 4.78 is 0. The van der Waals surface area contributed by atoms with Crippen molar-refractivity contribution in [2.24, 2.45) is 5.73 Å². The summed E-state index contributed by atoms with van der Waals surface area (Å²) in [5.74, 6) is -1.79. The number of nitrogens with two attached hydrogens (primary N) is 1. The van der Waals surface area contributed by atoms with Gasteiger partial charge in [0.05, 0.1) is 6.10 Å². The number of carboxylic acid groups (broad SMARTS) is 2. The molecule has 1 fully saturated rings. The molecule has 1 aliphatic heterocycles. The van der Waals surface area contributed by atoms with Gasteiger partial charge >= 0.3 is 11.9 Å². The Morgan fingerprint density at radius 3 is 2.24 bits per heavy atom. The van der Waals surface area contributed by atoms with Crippen LogP contribution in [0.25, 0.3) is 0 Å². The molecular weight excluding hydrogens is 228 g/mol. The Balaban J connectivity index is 0.000000304. The van der Waals surface area contributed by atoms with Gasteiger partial charge < -0.3 is 26.4 Å². The van der Waals surface area contributed by atoms with E-state index in [0.29, 0.717) is 19.4 Å². The van der Waals surface area contributed by atoms with E-state index in [1.54, 1.807) is 0 Å². The highest BCUT2D eigenvalue weighted by molar-refractivity contribution is 5.74. The summed E-state index contributed by atoms with van der Waals surface area (Å²) in [6.07, 6.45) is 1.24. The van der Waals surface area contributed by atoms with Crippen molar-refractivity contribution in [1.29, 1.82) is 0 Å². The largest absolute Gasteiger partial charge is 0.480 e. The number of carbonyl (C=O) groups is 2. The van der Waals surface area contributed by atoms with E-state index >= 15 is 0 Å². The molecule has 3 atom stereocenters. The highest BCUT2D eigenvalue weighted by Crippen LogP contribution is 2.05. The molecule has 6 N–H and O–H groups in total. The first-order chi connectivity index (χ1) is 7.88. The van der Waals surface area contributed by atoms with E-state index in [2.05, 4.69) is 5.32 Å². The molecule has 0 radical (unpaired) electrons. The van der Waals surface area contributed by atoms with Crippen molar-refractivity contribution in [2.45, 2.75) is 44.4 Å². The van der Waals surface area contributed by atoms with Crippen LogP contribution in [0.5, 0.6) is 0 Å². The maximum atomic E-state index is 10.2. The molecule has 0 amide bonds. The summed E-state index contributed by atoms with van der Waals surface area (Å²) in [6, 6.07) is -1.21. The number of aliphatic carboxylic acids is 2. The Labute approximate surface area is 99.6 Å². The van der Waals surface area contributed by atoms with Gasteiger partial charge in [-0.05, 0) is 6.42 Å². The molecule has 7 heteroatoms. The van der Waals surface area contributed by atoms with Crippen molar-refractivity contribution < 1.29 is 24.9 Å². The minimum Gasteiger partial charge on any atom is -0.480 e. The van der Waals surface area contributed by atoms with Crippen molar-refractivity contribution in [2.75, 3.05) is 6.54 Å². The molecule has 0 aliphatic carbocycles. The molecule has 0 aromatic rings. The van der Waals surface area contributed by atoms with Crippen molar-refractivity contribution in [3.8, 4) is 0 Å². The van der Waals surface area contributed by atoms with Crippen molar-refractivity contribution >= 4 is 11.9 Å². The summed E-state index contributed by atoms with van der Waals surface area (Å²) in [6.45, 7) is 2.31. The summed E-state index contributed by atoms with van der Waals surface area (Å²) in [7, 11) is 0. The van der Waals surface area contributed by atoms with E-state index in [0.717, 1.165) is 6.42 Å². The van der Waals surface area contributed by atoms with Crippen LogP contribution in [0.3, 0.4) is 0 Å². The predicted molar refractivity (Wildman–Crippen MR) is 60.6 cm³/mol. The summed E-state index contributed by atoms with van der Waals surface area (Å²) >= 11 is 0. The Hall–Kier alpha value is -1.18. The fraction of sp³-hybridized carbons (Fsp3) is 0.800. The van der Waals surface area contributed by atoms with Gasteiger partial charge in [-0.15, -0.1) is 0 Å². The third-order valence-electron chi connectivity index (χ3n) is 2.32. The maximum absolute atomic E-state index is 10.2. The summed E-state index contributed by atoms with van der Waals surface area (Å²) in [5.41, 5.74) is 5.13. The second kappa shape index (κ2) is 7.99. The lowest BCUT2D eigenvalue weighted by atomic mass is 10.2. The number of hydrogen-bond acceptors (Lipinski definition) is 5. The molecule has 17 heavy (non-hydrogen) atoms. The van der Waals surface area contributed by atoms with Crippen LogP contribution in [-0.2, 0) is 9.59 Å². The number of β-amino-alcohol motifs (C(OH)–C–C–N with tert-alkyl or cyclic N) is 1. The van der Waals surface area contributed by atoms with E-state index < -0.39 is 30.1 Å². The molecule has 0 spiro atoms. The molecule has 0 aromatic carbocycles. The van der Waals surface area contributed by atoms with E-state index in [1.165, 1.54) is 0 Å². The second-order valence-electron chi connectivity index (χ2n) is 3.92. The normalized spacial score (nSPS) is 24.6. The first-order valence-electron chi connectivity index (χ1n) is 5.51. The molecule has 100 valence electrons. The number of aliphatic hydroxyl groups is 1. The van der Waals surface area contributed by atoms with Crippen LogP contribution in [-0.4, -0.2) is 52.0 Å². The van der Waals surface area contributed by atoms with Gasteiger partial charge in [0.15, 0.2) is 0 Å². The van der Waals surface area contributed by atoms with Crippen molar-refractivity contribution in [3.63, 3.8) is 0 Å². The van der Waals surface area contributed by atoms with Crippen LogP contribution < -0.4 is 11.1 Å². The van der Waals surface area contributed by atoms with Crippen LogP contribution in [0.15, 0.2) is 0 Å². The molecule has 1 rings (SSSR count). The maximum Gasteiger partial charge on any atom is 0.320 e. The minimum absolute atomic E-state index is 0.329. The standard InChI is InChI=1S/C5H9NO3.C5H11NO2/c7-3-1-4(5(8)9)6-2-3;1-2-3-4(6)5(7)8/h3-4,6-7H,1-2H2,(H,8,9);4H,2-3,6H2,1H3,(H,7,8). The molecule has 7 nitrogen and oxygen atoms in total. The highest BCUT2D eigenvalue weighted by atomic mass is 16.4. The number of hydrogen-bond donors (Lipinski definition) is 5. The van der Waals surface area contributed by atoms with Gasteiger partial charge in [0.2, 0.25) is 0 Å². The van der Waals surface area contributed by atoms with Crippen LogP contribution >= 0.6 is 0 Å². The van der Waals surface area contributed by atoms with Crippen molar-refractivity contribution in [3.05, 3.63) is 0 Å². The molecule has 0 saturated carbocycles. The fourth-order valence-electron chi connectivity index (χ4n) is 1.34. The lowest BCUT2D eigenvalue weighted by Gasteiger charge is -2.00. The summed E-state index contributed by atoms with van der Waals surface area (Å²) in [5, 5.41) is 28.0. The first-order valence-corrected chi connectivity index (χ1v) is 5.51. The number of carboxylic acids is 2. The van der Waals surface area contributed by atoms with Gasteiger partial charge in [-0.3, -0.25) is 9.59 Å². The van der Waals surface area contributed by atoms with Crippen LogP contribution in [0.1, 0.15) is 26.2 Å². The van der Waals surface area contributed by atoms with E-state index in [4.69, 9.17) is 21.1 Å². The average molecular weight is 248 g/mol. The zero-order valence-corrected chi connectivity index (χ0v) is 9.80. The third kappa shape index (κ3) is 6.88.